The van der Waals surface area contributed by atoms with E-state index in [1.165, 1.54) is 40.9 Å². The molecule has 0 unspecified atom stereocenters. The number of carbonyl (C=O) groups is 3. The molecule has 9 nitrogen and oxygen atoms in total. The molecule has 1 saturated heterocycles. The number of thioether (sulfide) groups is 1. The first-order valence-electron chi connectivity index (χ1n) is 9.64. The zero-order valence-electron chi connectivity index (χ0n) is 16.8. The van der Waals surface area contributed by atoms with E-state index < -0.39 is 10.2 Å². The maximum Gasteiger partial charge on any atom is 0.269 e. The Kier molecular flexibility index (Phi) is 7.24. The van der Waals surface area contributed by atoms with Crippen molar-refractivity contribution in [2.45, 2.75) is 25.0 Å². The molecule has 2 aromatic rings. The van der Waals surface area contributed by atoms with Crippen LogP contribution in [0.2, 0.25) is 0 Å². The van der Waals surface area contributed by atoms with Gasteiger partial charge in [0, 0.05) is 36.4 Å². The summed E-state index contributed by atoms with van der Waals surface area (Å²) in [5, 5.41) is 12.8. The van der Waals surface area contributed by atoms with Crippen molar-refractivity contribution in [1.29, 1.82) is 0 Å². The smallest absolute Gasteiger partial charge is 0.269 e. The molecule has 1 heterocycles. The molecule has 1 N–H and O–H groups in total. The Bertz CT molecular complexity index is 978. The van der Waals surface area contributed by atoms with E-state index in [9.17, 15) is 24.5 Å². The second-order valence-corrected chi connectivity index (χ2v) is 7.97. The summed E-state index contributed by atoms with van der Waals surface area (Å²) in [5.74, 6) is 0.174. The highest BCUT2D eigenvalue weighted by atomic mass is 32.2. The average molecular weight is 443 g/mol. The molecule has 0 aliphatic carbocycles. The van der Waals surface area contributed by atoms with Gasteiger partial charge < -0.3 is 10.1 Å². The summed E-state index contributed by atoms with van der Waals surface area (Å²) in [4.78, 5) is 48.4. The standard InChI is InChI=1S/C21H21N3O6S/c1-2-30-17-9-7-15(8-10-17)23-20(26)13-18(21(23)27)31-12-11-19(25)22-14-3-5-16(6-4-14)24(28)29/h3-10,18H,2,11-13H2,1H3,(H,22,25)/t18-/m0/s1. The Hall–Kier alpha value is -3.40. The zero-order chi connectivity index (χ0) is 22.4. The number of nitrogens with one attached hydrogen (secondary N) is 1. The summed E-state index contributed by atoms with van der Waals surface area (Å²) in [6.07, 6.45) is 0.226. The summed E-state index contributed by atoms with van der Waals surface area (Å²) in [6, 6.07) is 12.3. The van der Waals surface area contributed by atoms with Crippen LogP contribution >= 0.6 is 11.8 Å². The molecular weight excluding hydrogens is 422 g/mol. The maximum absolute atomic E-state index is 12.7. The molecule has 3 rings (SSSR count). The lowest BCUT2D eigenvalue weighted by atomic mass is 10.3. The van der Waals surface area contributed by atoms with Gasteiger partial charge in [-0.05, 0) is 43.3 Å². The van der Waals surface area contributed by atoms with Gasteiger partial charge in [-0.15, -0.1) is 11.8 Å². The zero-order valence-corrected chi connectivity index (χ0v) is 17.6. The van der Waals surface area contributed by atoms with Crippen molar-refractivity contribution < 1.29 is 24.0 Å². The minimum Gasteiger partial charge on any atom is -0.494 e. The minimum atomic E-state index is -0.536. The van der Waals surface area contributed by atoms with E-state index in [0.29, 0.717) is 29.5 Å². The lowest BCUT2D eigenvalue weighted by Gasteiger charge is -2.15. The Morgan fingerprint density at radius 2 is 1.87 bits per heavy atom. The fourth-order valence-electron chi connectivity index (χ4n) is 3.05. The lowest BCUT2D eigenvalue weighted by Crippen LogP contribution is -2.31. The number of anilines is 2. The molecule has 3 amide bonds. The van der Waals surface area contributed by atoms with Crippen LogP contribution in [0.1, 0.15) is 19.8 Å². The Balaban J connectivity index is 1.49. The van der Waals surface area contributed by atoms with E-state index in [0.717, 1.165) is 0 Å². The van der Waals surface area contributed by atoms with Gasteiger partial charge >= 0.3 is 0 Å². The molecule has 10 heteroatoms. The van der Waals surface area contributed by atoms with Crippen molar-refractivity contribution in [3.05, 3.63) is 58.6 Å². The molecule has 0 aromatic heterocycles. The summed E-state index contributed by atoms with van der Waals surface area (Å²) < 4.78 is 5.37. The number of imide groups is 1. The number of amides is 3. The topological polar surface area (TPSA) is 119 Å². The molecule has 0 saturated carbocycles. The van der Waals surface area contributed by atoms with Crippen LogP contribution in [0.4, 0.5) is 17.1 Å². The molecule has 1 atom stereocenters. The summed E-state index contributed by atoms with van der Waals surface area (Å²) >= 11 is 1.26. The Morgan fingerprint density at radius 1 is 1.19 bits per heavy atom. The summed E-state index contributed by atoms with van der Waals surface area (Å²) in [5.41, 5.74) is 0.891. The Morgan fingerprint density at radius 3 is 2.48 bits per heavy atom. The molecule has 2 aromatic carbocycles. The van der Waals surface area contributed by atoms with E-state index in [4.69, 9.17) is 4.74 Å². The van der Waals surface area contributed by atoms with Crippen molar-refractivity contribution in [2.75, 3.05) is 22.6 Å². The van der Waals surface area contributed by atoms with Gasteiger partial charge in [0.15, 0.2) is 0 Å². The third-order valence-electron chi connectivity index (χ3n) is 4.52. The highest BCUT2D eigenvalue weighted by Crippen LogP contribution is 2.31. The number of ether oxygens (including phenoxy) is 1. The predicted octanol–water partition coefficient (Wildman–Crippen LogP) is 3.39. The first-order chi connectivity index (χ1) is 14.9. The lowest BCUT2D eigenvalue weighted by molar-refractivity contribution is -0.384. The van der Waals surface area contributed by atoms with Gasteiger partial charge in [0.2, 0.25) is 17.7 Å². The number of nitro benzene ring substituents is 1. The molecule has 1 aliphatic heterocycles. The number of hydrogen-bond acceptors (Lipinski definition) is 7. The molecule has 0 radical (unpaired) electrons. The largest absolute Gasteiger partial charge is 0.494 e. The molecule has 1 aliphatic rings. The van der Waals surface area contributed by atoms with E-state index >= 15 is 0 Å². The Labute approximate surface area is 182 Å². The highest BCUT2D eigenvalue weighted by Gasteiger charge is 2.39. The van der Waals surface area contributed by atoms with Gasteiger partial charge in [0.25, 0.3) is 5.69 Å². The van der Waals surface area contributed by atoms with Crippen molar-refractivity contribution in [2.24, 2.45) is 0 Å². The first kappa shape index (κ1) is 22.3. The van der Waals surface area contributed by atoms with E-state index in [-0.39, 0.29) is 36.3 Å². The maximum atomic E-state index is 12.7. The van der Waals surface area contributed by atoms with Gasteiger partial charge in [-0.25, -0.2) is 4.90 Å². The number of nitro groups is 1. The number of carbonyl (C=O) groups excluding carboxylic acids is 3. The molecule has 31 heavy (non-hydrogen) atoms. The number of hydrogen-bond donors (Lipinski definition) is 1. The van der Waals surface area contributed by atoms with Crippen molar-refractivity contribution in [3.8, 4) is 5.75 Å². The van der Waals surface area contributed by atoms with Crippen molar-refractivity contribution in [1.82, 2.24) is 0 Å². The van der Waals surface area contributed by atoms with E-state index in [1.54, 1.807) is 24.3 Å². The van der Waals surface area contributed by atoms with Crippen molar-refractivity contribution in [3.63, 3.8) is 0 Å². The van der Waals surface area contributed by atoms with Crippen LogP contribution in [0.15, 0.2) is 48.5 Å². The van der Waals surface area contributed by atoms with Crippen LogP contribution in [0.5, 0.6) is 5.75 Å². The number of rotatable bonds is 9. The minimum absolute atomic E-state index is 0.0601. The van der Waals surface area contributed by atoms with Gasteiger partial charge in [0.05, 0.1) is 22.5 Å². The third kappa shape index (κ3) is 5.60. The van der Waals surface area contributed by atoms with Crippen LogP contribution in [-0.2, 0) is 14.4 Å². The molecule has 162 valence electrons. The quantitative estimate of drug-likeness (QED) is 0.358. The van der Waals surface area contributed by atoms with Crippen LogP contribution in [-0.4, -0.2) is 40.3 Å². The van der Waals surface area contributed by atoms with Gasteiger partial charge in [-0.2, -0.15) is 0 Å². The van der Waals surface area contributed by atoms with Crippen LogP contribution < -0.4 is 15.0 Å². The number of non-ortho nitro benzene ring substituents is 1. The number of nitrogens with zero attached hydrogens (tertiary/aromatic N) is 2. The monoisotopic (exact) mass is 443 g/mol. The fourth-order valence-corrected chi connectivity index (χ4v) is 4.14. The van der Waals surface area contributed by atoms with Gasteiger partial charge in [-0.1, -0.05) is 0 Å². The van der Waals surface area contributed by atoms with Crippen LogP contribution in [0.3, 0.4) is 0 Å². The first-order valence-corrected chi connectivity index (χ1v) is 10.7. The SMILES string of the molecule is CCOc1ccc(N2C(=O)C[C@H](SCCC(=O)Nc3ccc([N+](=O)[O-])cc3)C2=O)cc1. The average Bonchev–Trinajstić information content (AvgIpc) is 3.02. The van der Waals surface area contributed by atoms with Crippen molar-refractivity contribution >= 4 is 46.5 Å². The van der Waals surface area contributed by atoms with E-state index in [1.807, 2.05) is 6.92 Å². The van der Waals surface area contributed by atoms with Crippen LogP contribution in [0, 0.1) is 10.1 Å². The van der Waals surface area contributed by atoms with E-state index in [2.05, 4.69) is 5.32 Å². The predicted molar refractivity (Wildman–Crippen MR) is 117 cm³/mol. The van der Waals surface area contributed by atoms with Crippen LogP contribution in [0.25, 0.3) is 0 Å². The van der Waals surface area contributed by atoms with Gasteiger partial charge in [0.1, 0.15) is 5.75 Å². The fraction of sp³-hybridized carbons (Fsp3) is 0.286. The summed E-state index contributed by atoms with van der Waals surface area (Å²) in [7, 11) is 0. The molecule has 0 bridgehead atoms. The third-order valence-corrected chi connectivity index (χ3v) is 5.73. The second kappa shape index (κ2) is 10.1. The normalized spacial score (nSPS) is 15.8. The molecule has 1 fully saturated rings. The summed E-state index contributed by atoms with van der Waals surface area (Å²) in [6.45, 7) is 2.40. The molecule has 0 spiro atoms. The molecular formula is C21H21N3O6S. The second-order valence-electron chi connectivity index (χ2n) is 6.66. The van der Waals surface area contributed by atoms with Gasteiger partial charge in [-0.3, -0.25) is 24.5 Å². The highest BCUT2D eigenvalue weighted by molar-refractivity contribution is 8.00. The number of benzene rings is 2.